The first-order valence-electron chi connectivity index (χ1n) is 8.54. The summed E-state index contributed by atoms with van der Waals surface area (Å²) in [7, 11) is 0. The molecule has 1 saturated heterocycles. The Bertz CT molecular complexity index is 564. The standard InChI is InChI=1S/C17H27N5OS.HI/c1-3-18-17(20-12-14-7-5-11-24-14)19-10-9-16(23)22-15-8-4-6-13(2)21-15;/h4,6,8,14H,3,5,7,9-12H2,1-2H3,(H2,18,19,20)(H,21,22,23);1H. The number of aryl methyl sites for hydroxylation is 1. The molecule has 0 aromatic carbocycles. The number of hydrogen-bond donors (Lipinski definition) is 3. The topological polar surface area (TPSA) is 78.4 Å². The van der Waals surface area contributed by atoms with Crippen LogP contribution in [-0.4, -0.2) is 47.5 Å². The molecular formula is C17H28IN5OS. The highest BCUT2D eigenvalue weighted by atomic mass is 127. The van der Waals surface area contributed by atoms with E-state index in [0.29, 0.717) is 24.0 Å². The predicted molar refractivity (Wildman–Crippen MR) is 117 cm³/mol. The van der Waals surface area contributed by atoms with Crippen molar-refractivity contribution in [1.29, 1.82) is 0 Å². The maximum absolute atomic E-state index is 12.0. The van der Waals surface area contributed by atoms with Crippen LogP contribution in [0, 0.1) is 6.92 Å². The summed E-state index contributed by atoms with van der Waals surface area (Å²) in [6.45, 7) is 6.13. The number of halogens is 1. The zero-order valence-corrected chi connectivity index (χ0v) is 18.0. The average molecular weight is 477 g/mol. The van der Waals surface area contributed by atoms with Crippen molar-refractivity contribution in [2.24, 2.45) is 4.99 Å². The molecule has 1 aromatic heterocycles. The van der Waals surface area contributed by atoms with Gasteiger partial charge in [-0.3, -0.25) is 9.79 Å². The first-order chi connectivity index (χ1) is 11.7. The third-order valence-electron chi connectivity index (χ3n) is 3.62. The first kappa shape index (κ1) is 22.0. The molecule has 1 amide bonds. The van der Waals surface area contributed by atoms with Crippen molar-refractivity contribution in [2.45, 2.75) is 38.4 Å². The summed E-state index contributed by atoms with van der Waals surface area (Å²) >= 11 is 2.00. The molecule has 8 heteroatoms. The van der Waals surface area contributed by atoms with Gasteiger partial charge in [0.05, 0.1) is 6.54 Å². The van der Waals surface area contributed by atoms with Gasteiger partial charge in [-0.25, -0.2) is 4.98 Å². The second kappa shape index (κ2) is 12.3. The fourth-order valence-corrected chi connectivity index (χ4v) is 3.62. The van der Waals surface area contributed by atoms with E-state index in [1.807, 2.05) is 37.7 Å². The van der Waals surface area contributed by atoms with Crippen LogP contribution in [0.1, 0.15) is 31.9 Å². The Labute approximate surface area is 171 Å². The highest BCUT2D eigenvalue weighted by Crippen LogP contribution is 2.25. The van der Waals surface area contributed by atoms with Gasteiger partial charge < -0.3 is 16.0 Å². The molecule has 1 unspecified atom stereocenters. The van der Waals surface area contributed by atoms with Crippen molar-refractivity contribution in [3.8, 4) is 0 Å². The Kier molecular flexibility index (Phi) is 10.9. The van der Waals surface area contributed by atoms with Gasteiger partial charge in [0.25, 0.3) is 0 Å². The minimum Gasteiger partial charge on any atom is -0.357 e. The van der Waals surface area contributed by atoms with Crippen molar-refractivity contribution in [1.82, 2.24) is 15.6 Å². The first-order valence-corrected chi connectivity index (χ1v) is 9.59. The van der Waals surface area contributed by atoms with Crippen LogP contribution in [-0.2, 0) is 4.79 Å². The summed E-state index contributed by atoms with van der Waals surface area (Å²) in [4.78, 5) is 20.9. The molecular weight excluding hydrogens is 449 g/mol. The van der Waals surface area contributed by atoms with Crippen LogP contribution in [0.4, 0.5) is 5.82 Å². The van der Waals surface area contributed by atoms with Crippen molar-refractivity contribution >= 4 is 53.4 Å². The van der Waals surface area contributed by atoms with E-state index in [4.69, 9.17) is 0 Å². The number of rotatable bonds is 7. The van der Waals surface area contributed by atoms with Crippen molar-refractivity contribution in [2.75, 3.05) is 30.7 Å². The monoisotopic (exact) mass is 477 g/mol. The minimum absolute atomic E-state index is 0. The number of aliphatic imine (C=N–C) groups is 1. The lowest BCUT2D eigenvalue weighted by molar-refractivity contribution is -0.116. The van der Waals surface area contributed by atoms with E-state index in [2.05, 4.69) is 25.9 Å². The SMILES string of the molecule is CCNC(=NCC1CCCS1)NCCC(=O)Nc1cccc(C)n1.I. The third-order valence-corrected chi connectivity index (χ3v) is 5.00. The van der Waals surface area contributed by atoms with Gasteiger partial charge in [-0.05, 0) is 44.6 Å². The van der Waals surface area contributed by atoms with Crippen LogP contribution in [0.25, 0.3) is 0 Å². The number of aromatic nitrogens is 1. The minimum atomic E-state index is -0.0530. The summed E-state index contributed by atoms with van der Waals surface area (Å²) in [5.41, 5.74) is 0.886. The van der Waals surface area contributed by atoms with E-state index >= 15 is 0 Å². The molecule has 0 saturated carbocycles. The number of guanidine groups is 1. The summed E-state index contributed by atoms with van der Waals surface area (Å²) < 4.78 is 0. The van der Waals surface area contributed by atoms with E-state index in [1.54, 1.807) is 6.07 Å². The lowest BCUT2D eigenvalue weighted by Crippen LogP contribution is -2.39. The van der Waals surface area contributed by atoms with Crippen LogP contribution >= 0.6 is 35.7 Å². The number of carbonyl (C=O) groups is 1. The van der Waals surface area contributed by atoms with Gasteiger partial charge >= 0.3 is 0 Å². The van der Waals surface area contributed by atoms with Gasteiger partial charge in [0, 0.05) is 30.5 Å². The van der Waals surface area contributed by atoms with Crippen molar-refractivity contribution in [3.63, 3.8) is 0 Å². The van der Waals surface area contributed by atoms with Gasteiger partial charge in [-0.1, -0.05) is 6.07 Å². The van der Waals surface area contributed by atoms with E-state index in [0.717, 1.165) is 24.7 Å². The number of amides is 1. The smallest absolute Gasteiger partial charge is 0.227 e. The molecule has 1 fully saturated rings. The molecule has 6 nitrogen and oxygen atoms in total. The number of nitrogens with one attached hydrogen (secondary N) is 3. The highest BCUT2D eigenvalue weighted by molar-refractivity contribution is 14.0. The number of nitrogens with zero attached hydrogens (tertiary/aromatic N) is 2. The normalized spacial score (nSPS) is 16.9. The summed E-state index contributed by atoms with van der Waals surface area (Å²) in [5.74, 6) is 2.57. The largest absolute Gasteiger partial charge is 0.357 e. The zero-order chi connectivity index (χ0) is 17.2. The van der Waals surface area contributed by atoms with E-state index in [-0.39, 0.29) is 29.9 Å². The van der Waals surface area contributed by atoms with E-state index in [9.17, 15) is 4.79 Å². The predicted octanol–water partition coefficient (Wildman–Crippen LogP) is 2.79. The second-order valence-electron chi connectivity index (χ2n) is 5.74. The molecule has 1 aliphatic rings. The Morgan fingerprint density at radius 2 is 2.24 bits per heavy atom. The summed E-state index contributed by atoms with van der Waals surface area (Å²) in [5, 5.41) is 9.89. The van der Waals surface area contributed by atoms with Gasteiger partial charge in [-0.15, -0.1) is 24.0 Å². The van der Waals surface area contributed by atoms with Crippen LogP contribution in [0.2, 0.25) is 0 Å². The van der Waals surface area contributed by atoms with Gasteiger partial charge in [0.2, 0.25) is 5.91 Å². The fourth-order valence-electron chi connectivity index (χ4n) is 2.44. The second-order valence-corrected chi connectivity index (χ2v) is 7.15. The number of anilines is 1. The fraction of sp³-hybridized carbons (Fsp3) is 0.588. The molecule has 2 rings (SSSR count). The molecule has 1 atom stereocenters. The van der Waals surface area contributed by atoms with Crippen LogP contribution in [0.3, 0.4) is 0 Å². The molecule has 0 radical (unpaired) electrons. The molecule has 140 valence electrons. The quantitative estimate of drug-likeness (QED) is 0.320. The van der Waals surface area contributed by atoms with E-state index in [1.165, 1.54) is 18.6 Å². The van der Waals surface area contributed by atoms with E-state index < -0.39 is 0 Å². The lowest BCUT2D eigenvalue weighted by atomic mass is 10.2. The number of pyridine rings is 1. The van der Waals surface area contributed by atoms with Gasteiger partial charge in [0.1, 0.15) is 5.82 Å². The highest BCUT2D eigenvalue weighted by Gasteiger charge is 2.15. The maximum atomic E-state index is 12.0. The number of hydrogen-bond acceptors (Lipinski definition) is 4. The van der Waals surface area contributed by atoms with Crippen molar-refractivity contribution < 1.29 is 4.79 Å². The Balaban J connectivity index is 0.00000312. The Morgan fingerprint density at radius 1 is 1.40 bits per heavy atom. The van der Waals surface area contributed by atoms with Gasteiger partial charge in [0.15, 0.2) is 5.96 Å². The third kappa shape index (κ3) is 8.75. The lowest BCUT2D eigenvalue weighted by Gasteiger charge is -2.12. The molecule has 0 bridgehead atoms. The molecule has 2 heterocycles. The summed E-state index contributed by atoms with van der Waals surface area (Å²) in [6, 6.07) is 5.58. The molecule has 1 aromatic rings. The maximum Gasteiger partial charge on any atom is 0.227 e. The molecule has 0 spiro atoms. The zero-order valence-electron chi connectivity index (χ0n) is 14.9. The molecule has 3 N–H and O–H groups in total. The molecule has 0 aliphatic carbocycles. The molecule has 25 heavy (non-hydrogen) atoms. The number of thioether (sulfide) groups is 1. The average Bonchev–Trinajstić information content (AvgIpc) is 3.06. The Hall–Kier alpha value is -1.03. The van der Waals surface area contributed by atoms with Crippen molar-refractivity contribution in [3.05, 3.63) is 23.9 Å². The Morgan fingerprint density at radius 3 is 2.92 bits per heavy atom. The van der Waals surface area contributed by atoms with Crippen LogP contribution < -0.4 is 16.0 Å². The van der Waals surface area contributed by atoms with Crippen LogP contribution in [0.5, 0.6) is 0 Å². The van der Waals surface area contributed by atoms with Crippen LogP contribution in [0.15, 0.2) is 23.2 Å². The molecule has 1 aliphatic heterocycles. The summed E-state index contributed by atoms with van der Waals surface area (Å²) in [6.07, 6.45) is 2.92. The number of carbonyl (C=O) groups excluding carboxylic acids is 1. The van der Waals surface area contributed by atoms with Gasteiger partial charge in [-0.2, -0.15) is 11.8 Å².